The van der Waals surface area contributed by atoms with Gasteiger partial charge in [0.15, 0.2) is 11.5 Å². The van der Waals surface area contributed by atoms with E-state index in [0.29, 0.717) is 123 Å². The molecular formula is C47H61N15O4. The van der Waals surface area contributed by atoms with Gasteiger partial charge in [0, 0.05) is 114 Å². The van der Waals surface area contributed by atoms with Crippen molar-refractivity contribution >= 4 is 79.8 Å². The lowest BCUT2D eigenvalue weighted by molar-refractivity contribution is -0.133. The molecule has 2 amide bonds. The largest absolute Gasteiger partial charge is 0.493 e. The number of hydrogen-bond donors (Lipinski definition) is 4. The molecule has 0 bridgehead atoms. The van der Waals surface area contributed by atoms with Crippen LogP contribution in [0.15, 0.2) is 36.4 Å². The van der Waals surface area contributed by atoms with Crippen molar-refractivity contribution in [3.63, 3.8) is 0 Å². The maximum absolute atomic E-state index is 13.0. The summed E-state index contributed by atoms with van der Waals surface area (Å²) < 4.78 is 10.8. The molecule has 0 spiro atoms. The van der Waals surface area contributed by atoms with Crippen molar-refractivity contribution in [3.8, 4) is 11.5 Å². The van der Waals surface area contributed by atoms with Gasteiger partial charge in [0.25, 0.3) is 0 Å². The van der Waals surface area contributed by atoms with Crippen LogP contribution in [-0.2, 0) is 9.59 Å². The number of carbonyl (C=O) groups excluding carboxylic acids is 2. The highest BCUT2D eigenvalue weighted by atomic mass is 16.5. The Hall–Kier alpha value is -7.02. The number of fused-ring (bicyclic) bond motifs is 3. The molecule has 3 aliphatic rings. The number of amides is 2. The number of anilines is 6. The van der Waals surface area contributed by atoms with Crippen LogP contribution < -0.4 is 46.7 Å². The minimum atomic E-state index is 0.0505. The average Bonchev–Trinajstić information content (AvgIpc) is 3.32. The maximum Gasteiger partial charge on any atom is 0.228 e. The van der Waals surface area contributed by atoms with Gasteiger partial charge in [-0.3, -0.25) is 9.59 Å². The fourth-order valence-corrected chi connectivity index (χ4v) is 8.57. The van der Waals surface area contributed by atoms with Gasteiger partial charge in [-0.15, -0.1) is 0 Å². The molecule has 3 saturated heterocycles. The van der Waals surface area contributed by atoms with Crippen molar-refractivity contribution in [2.45, 2.75) is 47.0 Å². The molecule has 3 aromatic heterocycles. The summed E-state index contributed by atoms with van der Waals surface area (Å²) in [4.78, 5) is 63.6. The van der Waals surface area contributed by atoms with Crippen LogP contribution in [0.3, 0.4) is 0 Å². The lowest BCUT2D eigenvalue weighted by atomic mass is 10.1. The molecule has 66 heavy (non-hydrogen) atoms. The summed E-state index contributed by atoms with van der Waals surface area (Å²) in [6.45, 7) is 16.7. The molecule has 3 aromatic carbocycles. The Balaban J connectivity index is 0.000000258. The van der Waals surface area contributed by atoms with Gasteiger partial charge < -0.3 is 56.5 Å². The van der Waals surface area contributed by atoms with Crippen LogP contribution in [0.5, 0.6) is 11.5 Å². The van der Waals surface area contributed by atoms with Crippen LogP contribution in [0.2, 0.25) is 0 Å². The number of nitrogens with two attached hydrogens (primary N) is 3. The fraction of sp³-hybridized carbons (Fsp3) is 0.447. The van der Waals surface area contributed by atoms with E-state index in [-0.39, 0.29) is 11.8 Å². The Morgan fingerprint density at radius 1 is 0.500 bits per heavy atom. The molecule has 9 rings (SSSR count). The van der Waals surface area contributed by atoms with E-state index >= 15 is 0 Å². The summed E-state index contributed by atoms with van der Waals surface area (Å²) in [5.41, 5.74) is 25.8. The first-order valence-corrected chi connectivity index (χ1v) is 22.6. The minimum Gasteiger partial charge on any atom is -0.493 e. The normalized spacial score (nSPS) is 15.6. The lowest BCUT2D eigenvalue weighted by Crippen LogP contribution is -2.50. The molecule has 348 valence electrons. The number of carbonyl (C=O) groups is 2. The third-order valence-corrected chi connectivity index (χ3v) is 12.9. The molecule has 3 fully saturated rings. The Labute approximate surface area is 384 Å². The molecule has 0 aliphatic carbocycles. The van der Waals surface area contributed by atoms with E-state index in [2.05, 4.69) is 68.0 Å². The molecule has 19 nitrogen and oxygen atoms in total. The molecule has 19 heteroatoms. The number of rotatable bonds is 9. The highest BCUT2D eigenvalue weighted by Gasteiger charge is 2.26. The number of nitrogens with one attached hydrogen (secondary N) is 1. The molecule has 3 aliphatic heterocycles. The number of nitrogen functional groups attached to an aromatic ring is 3. The van der Waals surface area contributed by atoms with E-state index in [1.54, 1.807) is 26.4 Å². The standard InChI is InChI=1S/C33H42N10O4.C14H19N5/c1-20-16-22-24(17-21(20)2)36-32(38-30(22)34)42-12-8-40(9-13-42)28(44)6-5-7-29(45)41-10-14-43(15-11-41)33-37-25-19-27(47-4)26(46-3)18-23(25)31(35)39-33;1-9-7-11-12(8-10(9)2)17-14(18-13(11)15)19-5-3-16-4-6-19/h16-19H,5-15H2,1-4H3,(H2,34,36,38)(H2,35,37,39);7-8,16H,3-6H2,1-2H3,(H2,15,17,18). The van der Waals surface area contributed by atoms with E-state index in [0.717, 1.165) is 65.1 Å². The zero-order valence-corrected chi connectivity index (χ0v) is 38.9. The number of benzene rings is 3. The van der Waals surface area contributed by atoms with Gasteiger partial charge in [-0.2, -0.15) is 15.0 Å². The topological polar surface area (TPSA) is 236 Å². The number of piperazine rings is 3. The van der Waals surface area contributed by atoms with Crippen molar-refractivity contribution in [2.75, 3.05) is 125 Å². The third-order valence-electron chi connectivity index (χ3n) is 12.9. The second kappa shape index (κ2) is 19.6. The van der Waals surface area contributed by atoms with Crippen LogP contribution in [0.4, 0.5) is 35.3 Å². The first-order valence-electron chi connectivity index (χ1n) is 22.6. The SMILES string of the molecule is COc1cc2nc(N3CCN(C(=O)CCCC(=O)N4CCN(c5nc(N)c6cc(C)c(C)cc6n5)CC4)CC3)nc(N)c2cc1OC.Cc1cc2nc(N3CCNCC3)nc(N)c2cc1C. The summed E-state index contributed by atoms with van der Waals surface area (Å²) >= 11 is 0. The number of hydrogen-bond acceptors (Lipinski definition) is 17. The molecule has 6 heterocycles. The van der Waals surface area contributed by atoms with Gasteiger partial charge in [-0.25, -0.2) is 15.0 Å². The summed E-state index contributed by atoms with van der Waals surface area (Å²) in [6.07, 6.45) is 1.18. The predicted molar refractivity (Wildman–Crippen MR) is 260 cm³/mol. The monoisotopic (exact) mass is 900 g/mol. The number of methoxy groups -OCH3 is 2. The highest BCUT2D eigenvalue weighted by molar-refractivity contribution is 5.93. The highest BCUT2D eigenvalue weighted by Crippen LogP contribution is 2.34. The fourth-order valence-electron chi connectivity index (χ4n) is 8.57. The van der Waals surface area contributed by atoms with Crippen molar-refractivity contribution in [3.05, 3.63) is 58.7 Å². The molecule has 0 saturated carbocycles. The Bertz CT molecular complexity index is 2770. The van der Waals surface area contributed by atoms with Gasteiger partial charge in [0.2, 0.25) is 29.7 Å². The summed E-state index contributed by atoms with van der Waals surface area (Å²) in [7, 11) is 3.14. The zero-order valence-electron chi connectivity index (χ0n) is 38.9. The number of ether oxygens (including phenoxy) is 2. The molecular weight excluding hydrogens is 839 g/mol. The minimum absolute atomic E-state index is 0.0505. The first kappa shape index (κ1) is 45.5. The van der Waals surface area contributed by atoms with Gasteiger partial charge in [0.1, 0.15) is 17.5 Å². The molecule has 6 aromatic rings. The Kier molecular flexibility index (Phi) is 13.5. The lowest BCUT2D eigenvalue weighted by Gasteiger charge is -2.35. The van der Waals surface area contributed by atoms with Crippen molar-refractivity contribution in [1.82, 2.24) is 45.0 Å². The van der Waals surface area contributed by atoms with Crippen molar-refractivity contribution in [2.24, 2.45) is 0 Å². The van der Waals surface area contributed by atoms with Crippen molar-refractivity contribution < 1.29 is 19.1 Å². The number of aromatic nitrogens is 6. The zero-order chi connectivity index (χ0) is 46.6. The van der Waals surface area contributed by atoms with Gasteiger partial charge in [-0.05, 0) is 86.7 Å². The average molecular weight is 900 g/mol. The molecule has 0 unspecified atom stereocenters. The number of aryl methyl sites for hydroxylation is 4. The second-order valence-corrected chi connectivity index (χ2v) is 17.2. The van der Waals surface area contributed by atoms with E-state index in [9.17, 15) is 9.59 Å². The number of nitrogens with zero attached hydrogens (tertiary/aromatic N) is 11. The molecule has 0 atom stereocenters. The first-order chi connectivity index (χ1) is 31.8. The van der Waals surface area contributed by atoms with E-state index in [1.165, 1.54) is 11.1 Å². The smallest absolute Gasteiger partial charge is 0.228 e. The van der Waals surface area contributed by atoms with Crippen LogP contribution in [0.25, 0.3) is 32.7 Å². The van der Waals surface area contributed by atoms with Crippen LogP contribution in [0, 0.1) is 27.7 Å². The predicted octanol–water partition coefficient (Wildman–Crippen LogP) is 3.78. The van der Waals surface area contributed by atoms with Crippen LogP contribution >= 0.6 is 0 Å². The summed E-state index contributed by atoms with van der Waals surface area (Å²) in [5, 5.41) is 5.81. The Morgan fingerprint density at radius 3 is 1.26 bits per heavy atom. The maximum atomic E-state index is 13.0. The third kappa shape index (κ3) is 9.80. The van der Waals surface area contributed by atoms with E-state index < -0.39 is 0 Å². The Morgan fingerprint density at radius 2 is 0.848 bits per heavy atom. The van der Waals surface area contributed by atoms with Gasteiger partial charge in [-0.1, -0.05) is 0 Å². The summed E-state index contributed by atoms with van der Waals surface area (Å²) in [5.74, 6) is 4.47. The second-order valence-electron chi connectivity index (χ2n) is 17.2. The van der Waals surface area contributed by atoms with Crippen LogP contribution in [0.1, 0.15) is 41.5 Å². The van der Waals surface area contributed by atoms with Crippen molar-refractivity contribution in [1.29, 1.82) is 0 Å². The van der Waals surface area contributed by atoms with Gasteiger partial charge in [0.05, 0.1) is 30.8 Å². The van der Waals surface area contributed by atoms with E-state index in [4.69, 9.17) is 36.6 Å². The molecule has 7 N–H and O–H groups in total. The van der Waals surface area contributed by atoms with Crippen LogP contribution in [-0.4, -0.2) is 144 Å². The van der Waals surface area contributed by atoms with Gasteiger partial charge >= 0.3 is 0 Å². The molecule has 0 radical (unpaired) electrons. The summed E-state index contributed by atoms with van der Waals surface area (Å²) in [6, 6.07) is 11.8. The van der Waals surface area contributed by atoms with E-state index in [1.807, 2.05) is 33.8 Å². The quantitative estimate of drug-likeness (QED) is 0.162.